The van der Waals surface area contributed by atoms with Gasteiger partial charge >= 0.3 is 0 Å². The van der Waals surface area contributed by atoms with Crippen LogP contribution in [0.1, 0.15) is 5.56 Å². The minimum Gasteiger partial charge on any atom is -0.366 e. The SMILES string of the molecule is Fc1ccccc1N1CCN(c2cc(NCc3ccccc3)ncn2)CC1. The molecular weight excluding hydrogens is 341 g/mol. The quantitative estimate of drug-likeness (QED) is 0.751. The van der Waals surface area contributed by atoms with Gasteiger partial charge in [-0.1, -0.05) is 42.5 Å². The van der Waals surface area contributed by atoms with E-state index >= 15 is 0 Å². The van der Waals surface area contributed by atoms with E-state index in [-0.39, 0.29) is 5.82 Å². The van der Waals surface area contributed by atoms with E-state index in [1.54, 1.807) is 12.4 Å². The molecule has 5 nitrogen and oxygen atoms in total. The lowest BCUT2D eigenvalue weighted by Crippen LogP contribution is -2.47. The zero-order chi connectivity index (χ0) is 18.5. The first kappa shape index (κ1) is 17.3. The first-order chi connectivity index (χ1) is 13.3. The molecular formula is C21H22FN5. The zero-order valence-electron chi connectivity index (χ0n) is 15.1. The van der Waals surface area contributed by atoms with Gasteiger partial charge in [-0.2, -0.15) is 0 Å². The highest BCUT2D eigenvalue weighted by Crippen LogP contribution is 2.22. The van der Waals surface area contributed by atoms with E-state index < -0.39 is 0 Å². The zero-order valence-corrected chi connectivity index (χ0v) is 15.1. The topological polar surface area (TPSA) is 44.3 Å². The number of halogens is 1. The molecule has 3 aromatic rings. The summed E-state index contributed by atoms with van der Waals surface area (Å²) in [5.41, 5.74) is 1.88. The third-order valence-electron chi connectivity index (χ3n) is 4.77. The van der Waals surface area contributed by atoms with Gasteiger partial charge in [0, 0.05) is 38.8 Å². The van der Waals surface area contributed by atoms with Crippen molar-refractivity contribution in [3.05, 3.63) is 78.4 Å². The number of nitrogens with zero attached hydrogens (tertiary/aromatic N) is 4. The Labute approximate surface area is 158 Å². The first-order valence-electron chi connectivity index (χ1n) is 9.14. The van der Waals surface area contributed by atoms with Crippen molar-refractivity contribution in [2.45, 2.75) is 6.54 Å². The van der Waals surface area contributed by atoms with Crippen molar-refractivity contribution in [2.75, 3.05) is 41.3 Å². The van der Waals surface area contributed by atoms with Crippen LogP contribution in [0.5, 0.6) is 0 Å². The number of piperazine rings is 1. The summed E-state index contributed by atoms with van der Waals surface area (Å²) in [6.07, 6.45) is 1.59. The monoisotopic (exact) mass is 363 g/mol. The van der Waals surface area contributed by atoms with Crippen molar-refractivity contribution in [1.82, 2.24) is 9.97 Å². The highest BCUT2D eigenvalue weighted by molar-refractivity contribution is 5.52. The molecule has 4 rings (SSSR count). The largest absolute Gasteiger partial charge is 0.366 e. The van der Waals surface area contributed by atoms with Gasteiger partial charge in [-0.3, -0.25) is 0 Å². The van der Waals surface area contributed by atoms with Crippen molar-refractivity contribution in [3.63, 3.8) is 0 Å². The van der Waals surface area contributed by atoms with Crippen LogP contribution < -0.4 is 15.1 Å². The summed E-state index contributed by atoms with van der Waals surface area (Å²) >= 11 is 0. The predicted octanol–water partition coefficient (Wildman–Crippen LogP) is 3.55. The molecule has 1 N–H and O–H groups in total. The molecule has 0 saturated carbocycles. The number of anilines is 3. The van der Waals surface area contributed by atoms with Crippen molar-refractivity contribution in [2.24, 2.45) is 0 Å². The number of aromatic nitrogens is 2. The second-order valence-corrected chi connectivity index (χ2v) is 6.53. The number of nitrogens with one attached hydrogen (secondary N) is 1. The van der Waals surface area contributed by atoms with Crippen LogP contribution in [-0.2, 0) is 6.54 Å². The minimum absolute atomic E-state index is 0.166. The molecule has 0 unspecified atom stereocenters. The second-order valence-electron chi connectivity index (χ2n) is 6.53. The Morgan fingerprint density at radius 3 is 2.33 bits per heavy atom. The molecule has 0 radical (unpaired) electrons. The van der Waals surface area contributed by atoms with Gasteiger partial charge in [0.15, 0.2) is 0 Å². The predicted molar refractivity (Wildman–Crippen MR) is 107 cm³/mol. The Morgan fingerprint density at radius 1 is 0.852 bits per heavy atom. The Bertz CT molecular complexity index is 879. The summed E-state index contributed by atoms with van der Waals surface area (Å²) in [6.45, 7) is 3.83. The molecule has 0 amide bonds. The fraction of sp³-hybridized carbons (Fsp3) is 0.238. The Hall–Kier alpha value is -3.15. The van der Waals surface area contributed by atoms with Gasteiger partial charge < -0.3 is 15.1 Å². The van der Waals surface area contributed by atoms with Crippen LogP contribution in [0.15, 0.2) is 67.0 Å². The number of para-hydroxylation sites is 1. The number of hydrogen-bond donors (Lipinski definition) is 1. The van der Waals surface area contributed by atoms with Gasteiger partial charge in [-0.25, -0.2) is 14.4 Å². The van der Waals surface area contributed by atoms with Crippen LogP contribution in [0.25, 0.3) is 0 Å². The van der Waals surface area contributed by atoms with E-state index in [4.69, 9.17) is 0 Å². The van der Waals surface area contributed by atoms with Gasteiger partial charge in [0.1, 0.15) is 23.8 Å². The standard InChI is InChI=1S/C21H22FN5/c22-18-8-4-5-9-19(18)26-10-12-27(13-11-26)21-14-20(24-16-25-21)23-15-17-6-2-1-3-7-17/h1-9,14,16H,10-13,15H2,(H,23,24,25). The van der Waals surface area contributed by atoms with Crippen molar-refractivity contribution in [1.29, 1.82) is 0 Å². The van der Waals surface area contributed by atoms with E-state index in [0.29, 0.717) is 5.69 Å². The number of benzene rings is 2. The van der Waals surface area contributed by atoms with Gasteiger partial charge in [0.2, 0.25) is 0 Å². The minimum atomic E-state index is -0.166. The molecule has 27 heavy (non-hydrogen) atoms. The molecule has 2 heterocycles. The van der Waals surface area contributed by atoms with E-state index in [9.17, 15) is 4.39 Å². The van der Waals surface area contributed by atoms with Crippen LogP contribution in [-0.4, -0.2) is 36.1 Å². The van der Waals surface area contributed by atoms with E-state index in [1.165, 1.54) is 11.6 Å². The summed E-state index contributed by atoms with van der Waals surface area (Å²) in [5.74, 6) is 1.54. The van der Waals surface area contributed by atoms with Crippen LogP contribution >= 0.6 is 0 Å². The van der Waals surface area contributed by atoms with Crippen LogP contribution in [0.4, 0.5) is 21.7 Å². The Kier molecular flexibility index (Phi) is 5.14. The van der Waals surface area contributed by atoms with Gasteiger partial charge in [0.05, 0.1) is 5.69 Å². The molecule has 0 atom stereocenters. The fourth-order valence-electron chi connectivity index (χ4n) is 3.29. The molecule has 1 aromatic heterocycles. The summed E-state index contributed by atoms with van der Waals surface area (Å²) < 4.78 is 14.0. The third-order valence-corrected chi connectivity index (χ3v) is 4.77. The molecule has 138 valence electrons. The molecule has 0 aliphatic carbocycles. The average molecular weight is 363 g/mol. The first-order valence-corrected chi connectivity index (χ1v) is 9.14. The molecule has 0 bridgehead atoms. The van der Waals surface area contributed by atoms with E-state index in [0.717, 1.165) is 44.4 Å². The smallest absolute Gasteiger partial charge is 0.146 e. The molecule has 2 aromatic carbocycles. The average Bonchev–Trinajstić information content (AvgIpc) is 2.74. The lowest BCUT2D eigenvalue weighted by molar-refractivity contribution is 0.596. The van der Waals surface area contributed by atoms with Crippen molar-refractivity contribution >= 4 is 17.3 Å². The molecule has 1 aliphatic rings. The molecule has 1 saturated heterocycles. The van der Waals surface area contributed by atoms with Gasteiger partial charge in [0.25, 0.3) is 0 Å². The normalized spacial score (nSPS) is 14.3. The lowest BCUT2D eigenvalue weighted by atomic mass is 10.2. The van der Waals surface area contributed by atoms with Crippen LogP contribution in [0, 0.1) is 5.82 Å². The summed E-state index contributed by atoms with van der Waals surface area (Å²) in [7, 11) is 0. The summed E-state index contributed by atoms with van der Waals surface area (Å²) in [4.78, 5) is 13.0. The molecule has 1 fully saturated rings. The van der Waals surface area contributed by atoms with Crippen molar-refractivity contribution < 1.29 is 4.39 Å². The Morgan fingerprint density at radius 2 is 1.56 bits per heavy atom. The number of rotatable bonds is 5. The molecule has 1 aliphatic heterocycles. The van der Waals surface area contributed by atoms with Gasteiger partial charge in [-0.05, 0) is 17.7 Å². The summed E-state index contributed by atoms with van der Waals surface area (Å²) in [6, 6.07) is 19.1. The van der Waals surface area contributed by atoms with Crippen LogP contribution in [0.3, 0.4) is 0 Å². The maximum Gasteiger partial charge on any atom is 0.146 e. The summed E-state index contributed by atoms with van der Waals surface area (Å²) in [5, 5.41) is 3.34. The maximum absolute atomic E-state index is 14.0. The van der Waals surface area contributed by atoms with Gasteiger partial charge in [-0.15, -0.1) is 0 Å². The number of hydrogen-bond acceptors (Lipinski definition) is 5. The molecule has 6 heteroatoms. The lowest BCUT2D eigenvalue weighted by Gasteiger charge is -2.36. The van der Waals surface area contributed by atoms with E-state index in [1.807, 2.05) is 36.4 Å². The highest BCUT2D eigenvalue weighted by atomic mass is 19.1. The highest BCUT2D eigenvalue weighted by Gasteiger charge is 2.20. The second kappa shape index (κ2) is 8.03. The maximum atomic E-state index is 14.0. The third kappa shape index (κ3) is 4.16. The van der Waals surface area contributed by atoms with Crippen LogP contribution in [0.2, 0.25) is 0 Å². The van der Waals surface area contributed by atoms with E-state index in [2.05, 4.69) is 37.2 Å². The van der Waals surface area contributed by atoms with Crippen molar-refractivity contribution in [3.8, 4) is 0 Å². The molecule has 0 spiro atoms. The Balaban J connectivity index is 1.38. The fourth-order valence-corrected chi connectivity index (χ4v) is 3.29.